The average Bonchev–Trinajstić information content (AvgIpc) is 2.36. The molecule has 20 heavy (non-hydrogen) atoms. The predicted molar refractivity (Wildman–Crippen MR) is 76.1 cm³/mol. The van der Waals surface area contributed by atoms with Gasteiger partial charge in [-0.1, -0.05) is 13.8 Å². The SMILES string of the molecule is CCc1nc(=O)n(C2(C)CCC2)c(CC)c1CC(=O)O. The van der Waals surface area contributed by atoms with Crippen LogP contribution in [0, 0.1) is 0 Å². The number of hydrogen-bond donors (Lipinski definition) is 1. The third kappa shape index (κ3) is 2.37. The molecule has 0 spiro atoms. The molecule has 1 heterocycles. The van der Waals surface area contributed by atoms with Crippen molar-refractivity contribution in [3.05, 3.63) is 27.4 Å². The standard InChI is InChI=1S/C15H22N2O3/c1-4-11-10(9-13(18)19)12(5-2)17(14(20)16-11)15(3)7-6-8-15/h4-9H2,1-3H3,(H,18,19). The van der Waals surface area contributed by atoms with Gasteiger partial charge in [0.25, 0.3) is 0 Å². The minimum absolute atomic E-state index is 0.0598. The van der Waals surface area contributed by atoms with E-state index in [1.807, 2.05) is 13.8 Å². The topological polar surface area (TPSA) is 72.2 Å². The molecule has 5 heteroatoms. The van der Waals surface area contributed by atoms with E-state index in [0.29, 0.717) is 18.5 Å². The fourth-order valence-electron chi connectivity index (χ4n) is 3.14. The second kappa shape index (κ2) is 5.38. The monoisotopic (exact) mass is 278 g/mol. The average molecular weight is 278 g/mol. The molecule has 2 rings (SSSR count). The number of carboxylic acids is 1. The van der Waals surface area contributed by atoms with E-state index in [9.17, 15) is 9.59 Å². The van der Waals surface area contributed by atoms with Crippen molar-refractivity contribution in [2.75, 3.05) is 0 Å². The lowest BCUT2D eigenvalue weighted by Gasteiger charge is -2.42. The van der Waals surface area contributed by atoms with Crippen molar-refractivity contribution in [3.8, 4) is 0 Å². The highest BCUT2D eigenvalue weighted by atomic mass is 16.4. The van der Waals surface area contributed by atoms with Crippen LogP contribution in [0.2, 0.25) is 0 Å². The molecule has 0 atom stereocenters. The zero-order valence-corrected chi connectivity index (χ0v) is 12.4. The lowest BCUT2D eigenvalue weighted by Crippen LogP contribution is -2.47. The number of nitrogens with zero attached hydrogens (tertiary/aromatic N) is 2. The Morgan fingerprint density at radius 1 is 1.35 bits per heavy atom. The largest absolute Gasteiger partial charge is 0.481 e. The molecule has 0 saturated heterocycles. The molecule has 0 radical (unpaired) electrons. The molecule has 110 valence electrons. The molecule has 0 aliphatic heterocycles. The van der Waals surface area contributed by atoms with Gasteiger partial charge in [0.05, 0.1) is 12.1 Å². The molecule has 1 N–H and O–H groups in total. The molecule has 0 amide bonds. The Hall–Kier alpha value is -1.65. The van der Waals surface area contributed by atoms with Crippen molar-refractivity contribution in [3.63, 3.8) is 0 Å². The van der Waals surface area contributed by atoms with Gasteiger partial charge in [-0.2, -0.15) is 4.98 Å². The van der Waals surface area contributed by atoms with Crippen LogP contribution in [0.1, 0.15) is 57.0 Å². The van der Waals surface area contributed by atoms with Crippen LogP contribution in [0.25, 0.3) is 0 Å². The molecule has 0 bridgehead atoms. The van der Waals surface area contributed by atoms with E-state index < -0.39 is 5.97 Å². The minimum Gasteiger partial charge on any atom is -0.481 e. The molecule has 1 aliphatic rings. The van der Waals surface area contributed by atoms with Crippen LogP contribution in [0.15, 0.2) is 4.79 Å². The summed E-state index contributed by atoms with van der Waals surface area (Å²) in [6, 6.07) is 0. The summed E-state index contributed by atoms with van der Waals surface area (Å²) in [7, 11) is 0. The Labute approximate surface area is 118 Å². The van der Waals surface area contributed by atoms with E-state index >= 15 is 0 Å². The van der Waals surface area contributed by atoms with Crippen LogP contribution in [-0.4, -0.2) is 20.6 Å². The molecule has 1 aromatic heterocycles. The number of carbonyl (C=O) groups is 1. The lowest BCUT2D eigenvalue weighted by atomic mass is 9.77. The first-order chi connectivity index (χ1) is 9.42. The van der Waals surface area contributed by atoms with Gasteiger partial charge >= 0.3 is 11.7 Å². The van der Waals surface area contributed by atoms with E-state index in [-0.39, 0.29) is 17.6 Å². The number of hydrogen-bond acceptors (Lipinski definition) is 3. The fourth-order valence-corrected chi connectivity index (χ4v) is 3.14. The first-order valence-electron chi connectivity index (χ1n) is 7.29. The molecule has 1 aromatic rings. The molecular weight excluding hydrogens is 256 g/mol. The van der Waals surface area contributed by atoms with Crippen LogP contribution in [0.3, 0.4) is 0 Å². The fraction of sp³-hybridized carbons (Fsp3) is 0.667. The highest BCUT2D eigenvalue weighted by molar-refractivity contribution is 5.71. The van der Waals surface area contributed by atoms with Gasteiger partial charge < -0.3 is 5.11 Å². The van der Waals surface area contributed by atoms with E-state index in [1.165, 1.54) is 0 Å². The Morgan fingerprint density at radius 2 is 2.00 bits per heavy atom. The quantitative estimate of drug-likeness (QED) is 0.892. The molecule has 1 saturated carbocycles. The third-order valence-electron chi connectivity index (χ3n) is 4.36. The maximum absolute atomic E-state index is 12.4. The van der Waals surface area contributed by atoms with E-state index in [2.05, 4.69) is 11.9 Å². The summed E-state index contributed by atoms with van der Waals surface area (Å²) in [4.78, 5) is 27.6. The summed E-state index contributed by atoms with van der Waals surface area (Å²) in [5.41, 5.74) is 1.81. The van der Waals surface area contributed by atoms with Gasteiger partial charge in [0.1, 0.15) is 0 Å². The van der Waals surface area contributed by atoms with Crippen LogP contribution in [0.4, 0.5) is 0 Å². The van der Waals surface area contributed by atoms with Gasteiger partial charge in [0.2, 0.25) is 0 Å². The molecule has 1 fully saturated rings. The second-order valence-corrected chi connectivity index (χ2v) is 5.73. The van der Waals surface area contributed by atoms with Gasteiger partial charge in [-0.05, 0) is 39.0 Å². The third-order valence-corrected chi connectivity index (χ3v) is 4.36. The van der Waals surface area contributed by atoms with Crippen molar-refractivity contribution in [1.29, 1.82) is 0 Å². The number of aromatic nitrogens is 2. The second-order valence-electron chi connectivity index (χ2n) is 5.73. The molecule has 0 aromatic carbocycles. The van der Waals surface area contributed by atoms with E-state index in [1.54, 1.807) is 4.57 Å². The van der Waals surface area contributed by atoms with Crippen molar-refractivity contribution in [1.82, 2.24) is 9.55 Å². The van der Waals surface area contributed by atoms with Crippen molar-refractivity contribution < 1.29 is 9.90 Å². The van der Waals surface area contributed by atoms with Crippen molar-refractivity contribution >= 4 is 5.97 Å². The highest BCUT2D eigenvalue weighted by Gasteiger charge is 2.37. The zero-order chi connectivity index (χ0) is 14.9. The maximum Gasteiger partial charge on any atom is 0.348 e. The molecule has 1 aliphatic carbocycles. The van der Waals surface area contributed by atoms with Gasteiger partial charge in [-0.15, -0.1) is 0 Å². The van der Waals surface area contributed by atoms with Gasteiger partial charge in [0.15, 0.2) is 0 Å². The van der Waals surface area contributed by atoms with Gasteiger partial charge in [0, 0.05) is 16.8 Å². The summed E-state index contributed by atoms with van der Waals surface area (Å²) in [6.45, 7) is 5.94. The summed E-state index contributed by atoms with van der Waals surface area (Å²) >= 11 is 0. The number of aliphatic carboxylic acids is 1. The normalized spacial score (nSPS) is 16.8. The van der Waals surface area contributed by atoms with Crippen LogP contribution in [0.5, 0.6) is 0 Å². The molecule has 0 unspecified atom stereocenters. The summed E-state index contributed by atoms with van der Waals surface area (Å²) in [5.74, 6) is -0.875. The first-order valence-corrected chi connectivity index (χ1v) is 7.29. The predicted octanol–water partition coefficient (Wildman–Crippen LogP) is 1.89. The lowest BCUT2D eigenvalue weighted by molar-refractivity contribution is -0.136. The Balaban J connectivity index is 2.68. The van der Waals surface area contributed by atoms with Crippen molar-refractivity contribution in [2.24, 2.45) is 0 Å². The summed E-state index contributed by atoms with van der Waals surface area (Å²) in [6.07, 6.45) is 4.20. The van der Waals surface area contributed by atoms with Crippen LogP contribution in [-0.2, 0) is 29.6 Å². The van der Waals surface area contributed by atoms with E-state index in [0.717, 1.165) is 30.5 Å². The molecular formula is C15H22N2O3. The van der Waals surface area contributed by atoms with Crippen LogP contribution >= 0.6 is 0 Å². The number of aryl methyl sites for hydroxylation is 1. The molecule has 5 nitrogen and oxygen atoms in total. The Kier molecular flexibility index (Phi) is 3.97. The maximum atomic E-state index is 12.4. The summed E-state index contributed by atoms with van der Waals surface area (Å²) < 4.78 is 1.76. The van der Waals surface area contributed by atoms with Gasteiger partial charge in [-0.25, -0.2) is 4.79 Å². The zero-order valence-electron chi connectivity index (χ0n) is 12.4. The van der Waals surface area contributed by atoms with E-state index in [4.69, 9.17) is 5.11 Å². The smallest absolute Gasteiger partial charge is 0.348 e. The van der Waals surface area contributed by atoms with Crippen LogP contribution < -0.4 is 5.69 Å². The summed E-state index contributed by atoms with van der Waals surface area (Å²) in [5, 5.41) is 9.13. The number of carboxylic acid groups (broad SMARTS) is 1. The number of rotatable bonds is 5. The van der Waals surface area contributed by atoms with Crippen molar-refractivity contribution in [2.45, 2.75) is 64.8 Å². The first kappa shape index (κ1) is 14.8. The Morgan fingerprint density at radius 3 is 2.40 bits per heavy atom. The minimum atomic E-state index is -0.875. The highest BCUT2D eigenvalue weighted by Crippen LogP contribution is 2.39. The Bertz CT molecular complexity index is 586. The van der Waals surface area contributed by atoms with Gasteiger partial charge in [-0.3, -0.25) is 9.36 Å².